The first-order chi connectivity index (χ1) is 6.53. The monoisotopic (exact) mass is 196 g/mol. The number of aromatic nitrogens is 2. The maximum atomic E-state index is 10.9. The number of nitrogens with two attached hydrogens (primary N) is 1. The lowest BCUT2D eigenvalue weighted by Crippen LogP contribution is -2.31. The summed E-state index contributed by atoms with van der Waals surface area (Å²) in [7, 11) is 0. The quantitative estimate of drug-likeness (QED) is 0.640. The SMILES string of the molecule is CC(C)(CN)CNc1cc(=O)[nH]cn1. The van der Waals surface area contributed by atoms with Gasteiger partial charge in [-0.15, -0.1) is 0 Å². The summed E-state index contributed by atoms with van der Waals surface area (Å²) in [6, 6.07) is 1.42. The zero-order valence-corrected chi connectivity index (χ0v) is 8.50. The van der Waals surface area contributed by atoms with Crippen LogP contribution in [0.2, 0.25) is 0 Å². The highest BCUT2D eigenvalue weighted by atomic mass is 16.1. The van der Waals surface area contributed by atoms with E-state index in [9.17, 15) is 4.79 Å². The van der Waals surface area contributed by atoms with E-state index in [4.69, 9.17) is 5.73 Å². The molecule has 0 aliphatic heterocycles. The van der Waals surface area contributed by atoms with Crippen molar-refractivity contribution in [2.75, 3.05) is 18.4 Å². The molecule has 5 heteroatoms. The Labute approximate surface area is 82.7 Å². The van der Waals surface area contributed by atoms with E-state index in [1.165, 1.54) is 12.4 Å². The summed E-state index contributed by atoms with van der Waals surface area (Å²) in [6.45, 7) is 5.38. The summed E-state index contributed by atoms with van der Waals surface area (Å²) in [4.78, 5) is 17.3. The number of hydrogen-bond donors (Lipinski definition) is 3. The first kappa shape index (κ1) is 10.7. The van der Waals surface area contributed by atoms with Crippen molar-refractivity contribution < 1.29 is 0 Å². The van der Waals surface area contributed by atoms with Gasteiger partial charge >= 0.3 is 0 Å². The number of hydrogen-bond acceptors (Lipinski definition) is 4. The van der Waals surface area contributed by atoms with Gasteiger partial charge in [0.25, 0.3) is 5.56 Å². The van der Waals surface area contributed by atoms with E-state index in [-0.39, 0.29) is 11.0 Å². The van der Waals surface area contributed by atoms with Gasteiger partial charge in [0.15, 0.2) is 0 Å². The zero-order chi connectivity index (χ0) is 10.6. The number of anilines is 1. The number of H-pyrrole nitrogens is 1. The largest absolute Gasteiger partial charge is 0.369 e. The molecule has 0 spiro atoms. The fourth-order valence-electron chi connectivity index (χ4n) is 0.867. The molecule has 1 aromatic heterocycles. The highest BCUT2D eigenvalue weighted by Crippen LogP contribution is 2.12. The Morgan fingerprint density at radius 1 is 1.64 bits per heavy atom. The molecule has 0 atom stereocenters. The third kappa shape index (κ3) is 3.18. The molecule has 1 aromatic rings. The minimum absolute atomic E-state index is 0.00425. The lowest BCUT2D eigenvalue weighted by molar-refractivity contribution is 0.405. The fourth-order valence-corrected chi connectivity index (χ4v) is 0.867. The van der Waals surface area contributed by atoms with Crippen LogP contribution in [-0.4, -0.2) is 23.1 Å². The second-order valence-corrected chi connectivity index (χ2v) is 4.02. The lowest BCUT2D eigenvalue weighted by atomic mass is 9.94. The van der Waals surface area contributed by atoms with Crippen molar-refractivity contribution in [3.05, 3.63) is 22.7 Å². The number of nitrogens with zero attached hydrogens (tertiary/aromatic N) is 1. The van der Waals surface area contributed by atoms with Crippen molar-refractivity contribution >= 4 is 5.82 Å². The van der Waals surface area contributed by atoms with Gasteiger partial charge in [-0.05, 0) is 12.0 Å². The van der Waals surface area contributed by atoms with Gasteiger partial charge in [0, 0.05) is 12.6 Å². The van der Waals surface area contributed by atoms with Gasteiger partial charge < -0.3 is 16.0 Å². The molecular formula is C9H16N4O. The molecule has 0 aromatic carbocycles. The topological polar surface area (TPSA) is 83.8 Å². The van der Waals surface area contributed by atoms with Crippen molar-refractivity contribution in [2.45, 2.75) is 13.8 Å². The second-order valence-electron chi connectivity index (χ2n) is 4.02. The van der Waals surface area contributed by atoms with Crippen molar-refractivity contribution in [1.29, 1.82) is 0 Å². The molecule has 0 aliphatic carbocycles. The van der Waals surface area contributed by atoms with Gasteiger partial charge in [0.2, 0.25) is 0 Å². The number of rotatable bonds is 4. The minimum atomic E-state index is -0.159. The zero-order valence-electron chi connectivity index (χ0n) is 8.50. The molecule has 1 heterocycles. The molecule has 78 valence electrons. The molecule has 0 radical (unpaired) electrons. The number of nitrogens with one attached hydrogen (secondary N) is 2. The van der Waals surface area contributed by atoms with E-state index in [0.717, 1.165) is 0 Å². The van der Waals surface area contributed by atoms with E-state index in [0.29, 0.717) is 18.9 Å². The highest BCUT2D eigenvalue weighted by Gasteiger charge is 2.14. The van der Waals surface area contributed by atoms with Gasteiger partial charge in [-0.1, -0.05) is 13.8 Å². The van der Waals surface area contributed by atoms with Crippen LogP contribution in [0.25, 0.3) is 0 Å². The van der Waals surface area contributed by atoms with Crippen LogP contribution in [0.3, 0.4) is 0 Å². The maximum Gasteiger partial charge on any atom is 0.252 e. The summed E-state index contributed by atoms with van der Waals surface area (Å²) in [5.74, 6) is 0.579. The molecule has 0 unspecified atom stereocenters. The molecule has 0 saturated carbocycles. The van der Waals surface area contributed by atoms with E-state index in [2.05, 4.69) is 15.3 Å². The lowest BCUT2D eigenvalue weighted by Gasteiger charge is -2.22. The first-order valence-electron chi connectivity index (χ1n) is 4.52. The molecule has 0 bridgehead atoms. The summed E-state index contributed by atoms with van der Waals surface area (Å²) < 4.78 is 0. The molecule has 14 heavy (non-hydrogen) atoms. The standard InChI is InChI=1S/C9H16N4O/c1-9(2,4-10)5-11-7-3-8(14)13-6-12-7/h3,6H,4-5,10H2,1-2H3,(H2,11,12,13,14). The van der Waals surface area contributed by atoms with Crippen LogP contribution in [0, 0.1) is 5.41 Å². The minimum Gasteiger partial charge on any atom is -0.369 e. The van der Waals surface area contributed by atoms with Crippen LogP contribution in [0.4, 0.5) is 5.82 Å². The maximum absolute atomic E-state index is 10.9. The Hall–Kier alpha value is -1.36. The summed E-state index contributed by atoms with van der Waals surface area (Å²) >= 11 is 0. The van der Waals surface area contributed by atoms with Crippen LogP contribution in [0.5, 0.6) is 0 Å². The third-order valence-corrected chi connectivity index (χ3v) is 1.98. The second kappa shape index (κ2) is 4.23. The van der Waals surface area contributed by atoms with Crippen LogP contribution in [0.1, 0.15) is 13.8 Å². The van der Waals surface area contributed by atoms with Crippen molar-refractivity contribution in [3.63, 3.8) is 0 Å². The Balaban J connectivity index is 2.58. The molecule has 0 saturated heterocycles. The Morgan fingerprint density at radius 3 is 2.93 bits per heavy atom. The molecule has 4 N–H and O–H groups in total. The highest BCUT2D eigenvalue weighted by molar-refractivity contribution is 5.31. The van der Waals surface area contributed by atoms with E-state index < -0.39 is 0 Å². The molecule has 0 amide bonds. The average molecular weight is 196 g/mol. The molecule has 0 fully saturated rings. The Kier molecular flexibility index (Phi) is 3.24. The van der Waals surface area contributed by atoms with E-state index in [1.807, 2.05) is 13.8 Å². The first-order valence-corrected chi connectivity index (χ1v) is 4.52. The van der Waals surface area contributed by atoms with Crippen molar-refractivity contribution in [1.82, 2.24) is 9.97 Å². The Morgan fingerprint density at radius 2 is 2.36 bits per heavy atom. The summed E-state index contributed by atoms with van der Waals surface area (Å²) in [5, 5.41) is 3.07. The predicted molar refractivity (Wildman–Crippen MR) is 56.2 cm³/mol. The fraction of sp³-hybridized carbons (Fsp3) is 0.556. The van der Waals surface area contributed by atoms with Crippen LogP contribution in [0.15, 0.2) is 17.2 Å². The van der Waals surface area contributed by atoms with Crippen molar-refractivity contribution in [3.8, 4) is 0 Å². The van der Waals surface area contributed by atoms with Crippen LogP contribution >= 0.6 is 0 Å². The van der Waals surface area contributed by atoms with Gasteiger partial charge in [-0.2, -0.15) is 0 Å². The summed E-state index contributed by atoms with van der Waals surface area (Å²) in [5.41, 5.74) is 5.42. The van der Waals surface area contributed by atoms with Gasteiger partial charge in [0.1, 0.15) is 5.82 Å². The molecule has 0 aliphatic rings. The smallest absolute Gasteiger partial charge is 0.252 e. The van der Waals surface area contributed by atoms with E-state index >= 15 is 0 Å². The normalized spacial score (nSPS) is 11.4. The van der Waals surface area contributed by atoms with Gasteiger partial charge in [-0.25, -0.2) is 4.98 Å². The average Bonchev–Trinajstić information content (AvgIpc) is 2.15. The molecule has 1 rings (SSSR count). The summed E-state index contributed by atoms with van der Waals surface area (Å²) in [6.07, 6.45) is 1.38. The van der Waals surface area contributed by atoms with Gasteiger partial charge in [-0.3, -0.25) is 4.79 Å². The third-order valence-electron chi connectivity index (χ3n) is 1.98. The molecular weight excluding hydrogens is 180 g/mol. The number of aromatic amines is 1. The molecule has 5 nitrogen and oxygen atoms in total. The van der Waals surface area contributed by atoms with Crippen molar-refractivity contribution in [2.24, 2.45) is 11.1 Å². The van der Waals surface area contributed by atoms with Crippen LogP contribution < -0.4 is 16.6 Å². The Bertz CT molecular complexity index is 345. The van der Waals surface area contributed by atoms with E-state index in [1.54, 1.807) is 0 Å². The predicted octanol–water partition coefficient (Wildman–Crippen LogP) is 0.167. The van der Waals surface area contributed by atoms with Gasteiger partial charge in [0.05, 0.1) is 6.33 Å². The van der Waals surface area contributed by atoms with Crippen LogP contribution in [-0.2, 0) is 0 Å².